The van der Waals surface area contributed by atoms with E-state index < -0.39 is 15.6 Å². The lowest BCUT2D eigenvalue weighted by Crippen LogP contribution is -2.11. The Labute approximate surface area is 159 Å². The SMILES string of the molecule is CCn1c(SCc2ccc(S(=O)(=O)C(F)F)cc2)nnc1-c1ccncc1. The van der Waals surface area contributed by atoms with Crippen molar-refractivity contribution in [2.24, 2.45) is 0 Å². The van der Waals surface area contributed by atoms with Gasteiger partial charge in [0.25, 0.3) is 0 Å². The van der Waals surface area contributed by atoms with Crippen LogP contribution in [0.15, 0.2) is 58.8 Å². The average molecular weight is 410 g/mol. The number of thioether (sulfide) groups is 1. The minimum absolute atomic E-state index is 0.386. The minimum Gasteiger partial charge on any atom is -0.302 e. The van der Waals surface area contributed by atoms with E-state index in [-0.39, 0.29) is 4.90 Å². The third-order valence-electron chi connectivity index (χ3n) is 3.83. The maximum Gasteiger partial charge on any atom is 0.341 e. The average Bonchev–Trinajstić information content (AvgIpc) is 3.10. The zero-order valence-corrected chi connectivity index (χ0v) is 15.9. The second kappa shape index (κ2) is 8.13. The number of sulfone groups is 1. The standard InChI is InChI=1S/C17H16F2N4O2S2/c1-2-23-15(13-7-9-20-10-8-13)21-22-17(23)26-11-12-3-5-14(6-4-12)27(24,25)16(18)19/h3-10,16H,2,11H2,1H3. The molecule has 0 amide bonds. The second-order valence-corrected chi connectivity index (χ2v) is 8.38. The van der Waals surface area contributed by atoms with Crippen LogP contribution < -0.4 is 0 Å². The maximum atomic E-state index is 12.6. The lowest BCUT2D eigenvalue weighted by atomic mass is 10.2. The van der Waals surface area contributed by atoms with E-state index in [4.69, 9.17) is 0 Å². The van der Waals surface area contributed by atoms with Gasteiger partial charge in [-0.1, -0.05) is 23.9 Å². The fourth-order valence-corrected chi connectivity index (χ4v) is 4.10. The molecule has 0 aliphatic heterocycles. The van der Waals surface area contributed by atoms with Gasteiger partial charge in [-0.15, -0.1) is 10.2 Å². The molecule has 0 spiro atoms. The van der Waals surface area contributed by atoms with Crippen molar-refractivity contribution < 1.29 is 17.2 Å². The third-order valence-corrected chi connectivity index (χ3v) is 6.26. The molecular weight excluding hydrogens is 394 g/mol. The summed E-state index contributed by atoms with van der Waals surface area (Å²) in [6, 6.07) is 9.16. The molecule has 1 aromatic carbocycles. The van der Waals surface area contributed by atoms with Crippen LogP contribution in [0.2, 0.25) is 0 Å². The van der Waals surface area contributed by atoms with E-state index in [2.05, 4.69) is 15.2 Å². The Morgan fingerprint density at radius 2 is 1.74 bits per heavy atom. The predicted octanol–water partition coefficient (Wildman–Crippen LogP) is 3.65. The summed E-state index contributed by atoms with van der Waals surface area (Å²) in [4.78, 5) is 3.61. The predicted molar refractivity (Wildman–Crippen MR) is 98.1 cm³/mol. The van der Waals surface area contributed by atoms with Crippen molar-refractivity contribution in [1.82, 2.24) is 19.7 Å². The zero-order valence-electron chi connectivity index (χ0n) is 14.3. The molecule has 142 valence electrons. The monoisotopic (exact) mass is 410 g/mol. The number of halogens is 2. The molecule has 0 radical (unpaired) electrons. The topological polar surface area (TPSA) is 77.7 Å². The highest BCUT2D eigenvalue weighted by Crippen LogP contribution is 2.27. The molecule has 0 saturated carbocycles. The zero-order chi connectivity index (χ0) is 19.4. The summed E-state index contributed by atoms with van der Waals surface area (Å²) in [5.74, 6) is -2.18. The number of pyridine rings is 1. The summed E-state index contributed by atoms with van der Waals surface area (Å²) in [5.41, 5.74) is 1.71. The van der Waals surface area contributed by atoms with E-state index in [1.165, 1.54) is 36.0 Å². The number of nitrogens with zero attached hydrogens (tertiary/aromatic N) is 4. The van der Waals surface area contributed by atoms with Gasteiger partial charge < -0.3 is 4.57 Å². The van der Waals surface area contributed by atoms with E-state index in [0.717, 1.165) is 17.0 Å². The van der Waals surface area contributed by atoms with Gasteiger partial charge >= 0.3 is 5.76 Å². The van der Waals surface area contributed by atoms with Gasteiger partial charge in [-0.3, -0.25) is 4.98 Å². The minimum atomic E-state index is -4.57. The van der Waals surface area contributed by atoms with E-state index >= 15 is 0 Å². The van der Waals surface area contributed by atoms with Gasteiger partial charge in [0.05, 0.1) is 4.90 Å². The van der Waals surface area contributed by atoms with Crippen LogP contribution in [0.1, 0.15) is 12.5 Å². The third kappa shape index (κ3) is 4.16. The molecule has 10 heteroatoms. The molecule has 6 nitrogen and oxygen atoms in total. The largest absolute Gasteiger partial charge is 0.341 e. The Morgan fingerprint density at radius 1 is 1.07 bits per heavy atom. The molecule has 27 heavy (non-hydrogen) atoms. The molecule has 3 aromatic rings. The van der Waals surface area contributed by atoms with Crippen molar-refractivity contribution in [3.63, 3.8) is 0 Å². The molecule has 0 unspecified atom stereocenters. The van der Waals surface area contributed by atoms with E-state index in [0.29, 0.717) is 17.5 Å². The van der Waals surface area contributed by atoms with Gasteiger partial charge in [-0.25, -0.2) is 8.42 Å². The molecule has 0 bridgehead atoms. The summed E-state index contributed by atoms with van der Waals surface area (Å²) in [7, 11) is -4.57. The first-order valence-corrected chi connectivity index (χ1v) is 10.5. The van der Waals surface area contributed by atoms with Gasteiger partial charge in [0.2, 0.25) is 9.84 Å². The molecule has 0 aliphatic rings. The van der Waals surface area contributed by atoms with Crippen molar-refractivity contribution in [2.75, 3.05) is 0 Å². The Hall–Kier alpha value is -2.33. The number of hydrogen-bond donors (Lipinski definition) is 0. The molecular formula is C17H16F2N4O2S2. The first kappa shape index (κ1) is 19.4. The molecule has 0 N–H and O–H groups in total. The van der Waals surface area contributed by atoms with Crippen LogP contribution >= 0.6 is 11.8 Å². The highest BCUT2D eigenvalue weighted by Gasteiger charge is 2.26. The number of rotatable bonds is 7. The van der Waals surface area contributed by atoms with Gasteiger partial charge in [-0.05, 0) is 36.8 Å². The first-order chi connectivity index (χ1) is 12.9. The quantitative estimate of drug-likeness (QED) is 0.554. The number of hydrogen-bond acceptors (Lipinski definition) is 6. The van der Waals surface area contributed by atoms with Crippen LogP contribution in [0.25, 0.3) is 11.4 Å². The second-order valence-electron chi connectivity index (χ2n) is 5.52. The Kier molecular flexibility index (Phi) is 5.85. The van der Waals surface area contributed by atoms with Crippen LogP contribution in [-0.4, -0.2) is 33.9 Å². The first-order valence-electron chi connectivity index (χ1n) is 8.01. The van der Waals surface area contributed by atoms with E-state index in [9.17, 15) is 17.2 Å². The van der Waals surface area contributed by atoms with Crippen LogP contribution in [0.4, 0.5) is 8.78 Å². The van der Waals surface area contributed by atoms with Crippen molar-refractivity contribution in [3.8, 4) is 11.4 Å². The van der Waals surface area contributed by atoms with Crippen molar-refractivity contribution in [3.05, 3.63) is 54.4 Å². The summed E-state index contributed by atoms with van der Waals surface area (Å²) in [6.45, 7) is 2.67. The van der Waals surface area contributed by atoms with Gasteiger partial charge in [-0.2, -0.15) is 8.78 Å². The molecule has 3 rings (SSSR count). The van der Waals surface area contributed by atoms with Crippen molar-refractivity contribution in [2.45, 2.75) is 35.0 Å². The molecule has 0 saturated heterocycles. The van der Waals surface area contributed by atoms with Crippen molar-refractivity contribution >= 4 is 21.6 Å². The van der Waals surface area contributed by atoms with Crippen molar-refractivity contribution in [1.29, 1.82) is 0 Å². The summed E-state index contributed by atoms with van der Waals surface area (Å²) in [5, 5.41) is 9.17. The van der Waals surface area contributed by atoms with E-state index in [1.54, 1.807) is 12.4 Å². The highest BCUT2D eigenvalue weighted by atomic mass is 32.2. The van der Waals surface area contributed by atoms with Crippen LogP contribution in [0, 0.1) is 0 Å². The van der Waals surface area contributed by atoms with Gasteiger partial charge in [0.15, 0.2) is 11.0 Å². The fraction of sp³-hybridized carbons (Fsp3) is 0.235. The van der Waals surface area contributed by atoms with Crippen LogP contribution in [0.3, 0.4) is 0 Å². The molecule has 2 heterocycles. The Morgan fingerprint density at radius 3 is 2.33 bits per heavy atom. The highest BCUT2D eigenvalue weighted by molar-refractivity contribution is 7.98. The smallest absolute Gasteiger partial charge is 0.302 e. The maximum absolute atomic E-state index is 12.6. The van der Waals surface area contributed by atoms with E-state index in [1.807, 2.05) is 23.6 Å². The molecule has 0 atom stereocenters. The lowest BCUT2D eigenvalue weighted by molar-refractivity contribution is 0.234. The number of aromatic nitrogens is 4. The normalized spacial score (nSPS) is 11.9. The van der Waals surface area contributed by atoms with Crippen LogP contribution in [0.5, 0.6) is 0 Å². The molecule has 2 aromatic heterocycles. The summed E-state index contributed by atoms with van der Waals surface area (Å²) >= 11 is 1.44. The summed E-state index contributed by atoms with van der Waals surface area (Å²) < 4.78 is 50.1. The Balaban J connectivity index is 1.75. The fourth-order valence-electron chi connectivity index (χ4n) is 2.42. The number of alkyl halides is 2. The lowest BCUT2D eigenvalue weighted by Gasteiger charge is -2.08. The Bertz CT molecular complexity index is 1010. The van der Waals surface area contributed by atoms with Gasteiger partial charge in [0.1, 0.15) is 0 Å². The van der Waals surface area contributed by atoms with Crippen LogP contribution in [-0.2, 0) is 22.1 Å². The molecule has 0 fully saturated rings. The summed E-state index contributed by atoms with van der Waals surface area (Å²) in [6.07, 6.45) is 3.37. The molecule has 0 aliphatic carbocycles. The number of benzene rings is 1. The van der Waals surface area contributed by atoms with Gasteiger partial charge in [0, 0.05) is 30.3 Å².